The molecule has 0 aromatic heterocycles. The van der Waals surface area contributed by atoms with Gasteiger partial charge in [0.25, 0.3) is 0 Å². The maximum Gasteiger partial charge on any atom is 0.0914 e. The molecule has 0 spiro atoms. The first-order valence-electron chi connectivity index (χ1n) is 6.90. The zero-order valence-corrected chi connectivity index (χ0v) is 12.3. The highest BCUT2D eigenvalue weighted by Crippen LogP contribution is 2.27. The Kier molecular flexibility index (Phi) is 5.67. The molecule has 0 radical (unpaired) electrons. The second-order valence-electron chi connectivity index (χ2n) is 5.21. The molecule has 1 aromatic carbocycles. The van der Waals surface area contributed by atoms with Gasteiger partial charge in [-0.25, -0.2) is 0 Å². The standard InChI is InChI=1S/C15H22BrNO/c16-14-7-3-6-13(10-14)15(18)11-17-9-8-12-4-1-2-5-12/h3,6-7,10,12,15,17-18H,1-2,4-5,8-9,11H2. The van der Waals surface area contributed by atoms with Crippen LogP contribution in [0.1, 0.15) is 43.8 Å². The number of hydrogen-bond acceptors (Lipinski definition) is 2. The first-order valence-corrected chi connectivity index (χ1v) is 7.69. The molecule has 1 aliphatic rings. The van der Waals surface area contributed by atoms with Gasteiger partial charge >= 0.3 is 0 Å². The summed E-state index contributed by atoms with van der Waals surface area (Å²) in [5.74, 6) is 0.917. The third-order valence-electron chi connectivity index (χ3n) is 3.78. The monoisotopic (exact) mass is 311 g/mol. The van der Waals surface area contributed by atoms with Gasteiger partial charge in [0.1, 0.15) is 0 Å². The smallest absolute Gasteiger partial charge is 0.0914 e. The van der Waals surface area contributed by atoms with E-state index < -0.39 is 6.10 Å². The molecule has 0 aliphatic heterocycles. The summed E-state index contributed by atoms with van der Waals surface area (Å²) in [6.45, 7) is 1.67. The fourth-order valence-corrected chi connectivity index (χ4v) is 3.09. The second-order valence-corrected chi connectivity index (χ2v) is 6.13. The maximum atomic E-state index is 10.1. The Bertz CT molecular complexity index is 363. The molecule has 2 nitrogen and oxygen atoms in total. The number of aliphatic hydroxyl groups excluding tert-OH is 1. The second kappa shape index (κ2) is 7.27. The summed E-state index contributed by atoms with van der Waals surface area (Å²) in [7, 11) is 0. The average molecular weight is 312 g/mol. The number of hydrogen-bond donors (Lipinski definition) is 2. The van der Waals surface area contributed by atoms with E-state index >= 15 is 0 Å². The Morgan fingerprint density at radius 3 is 2.83 bits per heavy atom. The Labute approximate surface area is 118 Å². The van der Waals surface area contributed by atoms with Crippen LogP contribution in [0.2, 0.25) is 0 Å². The van der Waals surface area contributed by atoms with Gasteiger partial charge in [-0.15, -0.1) is 0 Å². The van der Waals surface area contributed by atoms with Gasteiger partial charge in [-0.05, 0) is 36.6 Å². The summed E-state index contributed by atoms with van der Waals surface area (Å²) in [5.41, 5.74) is 0.970. The molecule has 1 unspecified atom stereocenters. The van der Waals surface area contributed by atoms with Crippen LogP contribution < -0.4 is 5.32 Å². The van der Waals surface area contributed by atoms with Crippen LogP contribution in [0.3, 0.4) is 0 Å². The lowest BCUT2D eigenvalue weighted by Gasteiger charge is -2.14. The van der Waals surface area contributed by atoms with E-state index in [1.165, 1.54) is 32.1 Å². The van der Waals surface area contributed by atoms with E-state index in [0.717, 1.165) is 22.5 Å². The van der Waals surface area contributed by atoms with Crippen molar-refractivity contribution in [3.05, 3.63) is 34.3 Å². The van der Waals surface area contributed by atoms with Crippen LogP contribution in [-0.2, 0) is 0 Å². The first-order chi connectivity index (χ1) is 8.75. The van der Waals surface area contributed by atoms with Crippen LogP contribution in [0.5, 0.6) is 0 Å². The molecule has 1 saturated carbocycles. The minimum absolute atomic E-state index is 0.411. The lowest BCUT2D eigenvalue weighted by atomic mass is 10.0. The van der Waals surface area contributed by atoms with E-state index in [9.17, 15) is 5.11 Å². The van der Waals surface area contributed by atoms with Gasteiger partial charge in [0, 0.05) is 11.0 Å². The van der Waals surface area contributed by atoms with E-state index in [4.69, 9.17) is 0 Å². The summed E-state index contributed by atoms with van der Waals surface area (Å²) < 4.78 is 1.02. The molecule has 1 fully saturated rings. The van der Waals surface area contributed by atoms with Crippen LogP contribution in [0.15, 0.2) is 28.7 Å². The molecule has 1 atom stereocenters. The molecule has 0 bridgehead atoms. The lowest BCUT2D eigenvalue weighted by molar-refractivity contribution is 0.174. The van der Waals surface area contributed by atoms with E-state index in [2.05, 4.69) is 21.2 Å². The third-order valence-corrected chi connectivity index (χ3v) is 4.27. The molecule has 2 rings (SSSR count). The Hall–Kier alpha value is -0.380. The predicted octanol–water partition coefficient (Wildman–Crippen LogP) is 3.65. The molecule has 3 heteroatoms. The van der Waals surface area contributed by atoms with Crippen LogP contribution in [0.25, 0.3) is 0 Å². The molecule has 100 valence electrons. The van der Waals surface area contributed by atoms with E-state index in [0.29, 0.717) is 6.54 Å². The number of halogens is 1. The van der Waals surface area contributed by atoms with Gasteiger partial charge in [-0.1, -0.05) is 53.7 Å². The van der Waals surface area contributed by atoms with Crippen LogP contribution in [-0.4, -0.2) is 18.2 Å². The number of nitrogens with one attached hydrogen (secondary N) is 1. The highest BCUT2D eigenvalue weighted by molar-refractivity contribution is 9.10. The van der Waals surface area contributed by atoms with Gasteiger partial charge in [0.2, 0.25) is 0 Å². The molecule has 0 saturated heterocycles. The molecule has 0 amide bonds. The molecule has 1 aliphatic carbocycles. The minimum Gasteiger partial charge on any atom is -0.387 e. The van der Waals surface area contributed by atoms with Crippen molar-refractivity contribution >= 4 is 15.9 Å². The summed E-state index contributed by atoms with van der Waals surface area (Å²) in [4.78, 5) is 0. The highest BCUT2D eigenvalue weighted by atomic mass is 79.9. The van der Waals surface area contributed by atoms with Crippen molar-refractivity contribution in [3.8, 4) is 0 Å². The fraction of sp³-hybridized carbons (Fsp3) is 0.600. The molecule has 1 aromatic rings. The maximum absolute atomic E-state index is 10.1. The predicted molar refractivity (Wildman–Crippen MR) is 78.5 cm³/mol. The zero-order chi connectivity index (χ0) is 12.8. The summed E-state index contributed by atoms with van der Waals surface area (Å²) in [6, 6.07) is 7.88. The van der Waals surface area contributed by atoms with Crippen molar-refractivity contribution in [1.29, 1.82) is 0 Å². The topological polar surface area (TPSA) is 32.3 Å². The largest absolute Gasteiger partial charge is 0.387 e. The summed E-state index contributed by atoms with van der Waals surface area (Å²) in [6.07, 6.45) is 6.46. The number of aliphatic hydroxyl groups is 1. The molecule has 18 heavy (non-hydrogen) atoms. The first kappa shape index (κ1) is 14.0. The van der Waals surface area contributed by atoms with Crippen molar-refractivity contribution in [1.82, 2.24) is 5.32 Å². The minimum atomic E-state index is -0.411. The van der Waals surface area contributed by atoms with Crippen LogP contribution in [0, 0.1) is 5.92 Å². The molecule has 0 heterocycles. The fourth-order valence-electron chi connectivity index (χ4n) is 2.68. The van der Waals surface area contributed by atoms with E-state index in [-0.39, 0.29) is 0 Å². The van der Waals surface area contributed by atoms with Crippen molar-refractivity contribution < 1.29 is 5.11 Å². The highest BCUT2D eigenvalue weighted by Gasteiger charge is 2.14. The van der Waals surface area contributed by atoms with Gasteiger partial charge in [-0.3, -0.25) is 0 Å². The Morgan fingerprint density at radius 1 is 1.33 bits per heavy atom. The van der Waals surface area contributed by atoms with E-state index in [1.807, 2.05) is 24.3 Å². The zero-order valence-electron chi connectivity index (χ0n) is 10.7. The van der Waals surface area contributed by atoms with Crippen molar-refractivity contribution in [2.75, 3.05) is 13.1 Å². The van der Waals surface area contributed by atoms with Gasteiger partial charge < -0.3 is 10.4 Å². The Balaban J connectivity index is 1.66. The van der Waals surface area contributed by atoms with E-state index in [1.54, 1.807) is 0 Å². The normalized spacial score (nSPS) is 18.1. The molecule has 2 N–H and O–H groups in total. The SMILES string of the molecule is OC(CNCCC1CCCC1)c1cccc(Br)c1. The average Bonchev–Trinajstić information content (AvgIpc) is 2.87. The number of benzene rings is 1. The quantitative estimate of drug-likeness (QED) is 0.786. The van der Waals surface area contributed by atoms with Gasteiger partial charge in [0.15, 0.2) is 0 Å². The summed E-state index contributed by atoms with van der Waals surface area (Å²) >= 11 is 3.43. The Morgan fingerprint density at radius 2 is 2.11 bits per heavy atom. The van der Waals surface area contributed by atoms with Gasteiger partial charge in [-0.2, -0.15) is 0 Å². The van der Waals surface area contributed by atoms with Crippen LogP contribution in [0.4, 0.5) is 0 Å². The van der Waals surface area contributed by atoms with Crippen molar-refractivity contribution in [2.45, 2.75) is 38.2 Å². The summed E-state index contributed by atoms with van der Waals surface area (Å²) in [5, 5.41) is 13.4. The number of rotatable bonds is 6. The molecular formula is C15H22BrNO. The third kappa shape index (κ3) is 4.38. The lowest BCUT2D eigenvalue weighted by Crippen LogP contribution is -2.23. The molecular weight excluding hydrogens is 290 g/mol. The van der Waals surface area contributed by atoms with Crippen molar-refractivity contribution in [3.63, 3.8) is 0 Å². The van der Waals surface area contributed by atoms with Crippen molar-refractivity contribution in [2.24, 2.45) is 5.92 Å². The van der Waals surface area contributed by atoms with Gasteiger partial charge in [0.05, 0.1) is 6.10 Å². The van der Waals surface area contributed by atoms with Crippen LogP contribution >= 0.6 is 15.9 Å².